The summed E-state index contributed by atoms with van der Waals surface area (Å²) in [4.78, 5) is 24.1. The van der Waals surface area contributed by atoms with Crippen LogP contribution in [0.2, 0.25) is 0 Å². The standard InChI is InChI=1S/C20H20N2O4/c1-3-14-26-18-7-5-4-6-17(18)20(24)22-21-19(23)13-10-15-8-11-16(25-2)12-9-15/h3-13H,1,14H2,2H3,(H,21,23)(H,22,24)/b13-10+. The molecule has 0 bridgehead atoms. The Morgan fingerprint density at radius 1 is 1.08 bits per heavy atom. The molecule has 2 rings (SSSR count). The molecule has 0 aromatic heterocycles. The number of ether oxygens (including phenoxy) is 2. The fraction of sp³-hybridized carbons (Fsp3) is 0.100. The largest absolute Gasteiger partial charge is 0.497 e. The summed E-state index contributed by atoms with van der Waals surface area (Å²) in [7, 11) is 1.58. The molecule has 2 aromatic rings. The minimum atomic E-state index is -0.476. The number of carbonyl (C=O) groups is 2. The number of carbonyl (C=O) groups excluding carboxylic acids is 2. The maximum absolute atomic E-state index is 12.2. The van der Waals surface area contributed by atoms with E-state index in [1.54, 1.807) is 55.7 Å². The molecule has 0 saturated carbocycles. The van der Waals surface area contributed by atoms with Gasteiger partial charge in [0.1, 0.15) is 18.1 Å². The number of benzene rings is 2. The van der Waals surface area contributed by atoms with Crippen LogP contribution >= 0.6 is 0 Å². The Bertz CT molecular complexity index is 798. The van der Waals surface area contributed by atoms with Crippen molar-refractivity contribution in [3.05, 3.63) is 78.4 Å². The molecule has 0 saturated heterocycles. The number of nitrogens with one attached hydrogen (secondary N) is 2. The van der Waals surface area contributed by atoms with Gasteiger partial charge in [-0.15, -0.1) is 0 Å². The molecule has 6 nitrogen and oxygen atoms in total. The van der Waals surface area contributed by atoms with Crippen molar-refractivity contribution in [3.63, 3.8) is 0 Å². The highest BCUT2D eigenvalue weighted by Gasteiger charge is 2.12. The van der Waals surface area contributed by atoms with Gasteiger partial charge >= 0.3 is 0 Å². The van der Waals surface area contributed by atoms with Crippen LogP contribution in [0.4, 0.5) is 0 Å². The van der Waals surface area contributed by atoms with Crippen molar-refractivity contribution in [1.82, 2.24) is 10.9 Å². The molecule has 2 aromatic carbocycles. The average molecular weight is 352 g/mol. The molecule has 26 heavy (non-hydrogen) atoms. The lowest BCUT2D eigenvalue weighted by atomic mass is 10.2. The summed E-state index contributed by atoms with van der Waals surface area (Å²) in [5.74, 6) is 0.207. The first-order valence-electron chi connectivity index (χ1n) is 7.89. The zero-order valence-electron chi connectivity index (χ0n) is 14.4. The fourth-order valence-corrected chi connectivity index (χ4v) is 2.04. The molecular formula is C20H20N2O4. The average Bonchev–Trinajstić information content (AvgIpc) is 2.69. The van der Waals surface area contributed by atoms with Crippen LogP contribution in [0.25, 0.3) is 6.08 Å². The van der Waals surface area contributed by atoms with Gasteiger partial charge in [-0.1, -0.05) is 36.9 Å². The number of rotatable bonds is 7. The van der Waals surface area contributed by atoms with E-state index in [1.807, 2.05) is 12.1 Å². The van der Waals surface area contributed by atoms with Crippen LogP contribution < -0.4 is 20.3 Å². The van der Waals surface area contributed by atoms with Crippen LogP contribution in [0, 0.1) is 0 Å². The third kappa shape index (κ3) is 5.52. The summed E-state index contributed by atoms with van der Waals surface area (Å²) >= 11 is 0. The Morgan fingerprint density at radius 3 is 2.50 bits per heavy atom. The summed E-state index contributed by atoms with van der Waals surface area (Å²) in [6, 6.07) is 13.9. The second-order valence-electron chi connectivity index (χ2n) is 5.15. The third-order valence-corrected chi connectivity index (χ3v) is 3.33. The summed E-state index contributed by atoms with van der Waals surface area (Å²) in [6.07, 6.45) is 4.53. The zero-order chi connectivity index (χ0) is 18.8. The van der Waals surface area contributed by atoms with Gasteiger partial charge in [0.2, 0.25) is 0 Å². The highest BCUT2D eigenvalue weighted by molar-refractivity contribution is 5.99. The van der Waals surface area contributed by atoms with Crippen LogP contribution in [-0.4, -0.2) is 25.5 Å². The molecule has 0 spiro atoms. The Hall–Kier alpha value is -3.54. The molecule has 2 amide bonds. The van der Waals surface area contributed by atoms with E-state index in [0.29, 0.717) is 11.3 Å². The molecule has 0 unspecified atom stereocenters. The summed E-state index contributed by atoms with van der Waals surface area (Å²) in [5, 5.41) is 0. The number of hydrazine groups is 1. The van der Waals surface area contributed by atoms with E-state index >= 15 is 0 Å². The number of methoxy groups -OCH3 is 1. The normalized spacial score (nSPS) is 10.2. The lowest BCUT2D eigenvalue weighted by molar-refractivity contribution is -0.117. The Kier molecular flexibility index (Phi) is 7.00. The lowest BCUT2D eigenvalue weighted by Crippen LogP contribution is -2.40. The van der Waals surface area contributed by atoms with Gasteiger partial charge in [0, 0.05) is 6.08 Å². The monoisotopic (exact) mass is 352 g/mol. The quantitative estimate of drug-likeness (QED) is 0.456. The minimum Gasteiger partial charge on any atom is -0.497 e. The van der Waals surface area contributed by atoms with Gasteiger partial charge in [0.25, 0.3) is 11.8 Å². The lowest BCUT2D eigenvalue weighted by Gasteiger charge is -2.10. The van der Waals surface area contributed by atoms with Gasteiger partial charge in [0.05, 0.1) is 12.7 Å². The van der Waals surface area contributed by atoms with Gasteiger partial charge in [-0.2, -0.15) is 0 Å². The SMILES string of the molecule is C=CCOc1ccccc1C(=O)NNC(=O)/C=C/c1ccc(OC)cc1. The maximum atomic E-state index is 12.2. The zero-order valence-corrected chi connectivity index (χ0v) is 14.4. The molecule has 0 aliphatic carbocycles. The predicted octanol–water partition coefficient (Wildman–Crippen LogP) is 2.73. The van der Waals surface area contributed by atoms with Crippen LogP contribution in [0.1, 0.15) is 15.9 Å². The maximum Gasteiger partial charge on any atom is 0.273 e. The Morgan fingerprint density at radius 2 is 1.81 bits per heavy atom. The Labute approximate surface area is 152 Å². The van der Waals surface area contributed by atoms with E-state index in [2.05, 4.69) is 17.4 Å². The minimum absolute atomic E-state index is 0.279. The molecule has 0 fully saturated rings. The van der Waals surface area contributed by atoms with Crippen LogP contribution in [-0.2, 0) is 4.79 Å². The molecule has 0 aliphatic rings. The van der Waals surface area contributed by atoms with Crippen molar-refractivity contribution < 1.29 is 19.1 Å². The number of para-hydroxylation sites is 1. The molecule has 0 atom stereocenters. The summed E-state index contributed by atoms with van der Waals surface area (Å²) in [6.45, 7) is 3.85. The van der Waals surface area contributed by atoms with Gasteiger partial charge in [0.15, 0.2) is 0 Å². The van der Waals surface area contributed by atoms with Crippen molar-refractivity contribution in [1.29, 1.82) is 0 Å². The predicted molar refractivity (Wildman–Crippen MR) is 99.8 cm³/mol. The summed E-state index contributed by atoms with van der Waals surface area (Å²) in [5.41, 5.74) is 5.83. The van der Waals surface area contributed by atoms with Crippen molar-refractivity contribution in [3.8, 4) is 11.5 Å². The number of hydrogen-bond acceptors (Lipinski definition) is 4. The first-order chi connectivity index (χ1) is 12.6. The topological polar surface area (TPSA) is 76.7 Å². The van der Waals surface area contributed by atoms with Crippen LogP contribution in [0.15, 0.2) is 67.3 Å². The van der Waals surface area contributed by atoms with E-state index in [-0.39, 0.29) is 6.61 Å². The molecule has 2 N–H and O–H groups in total. The van der Waals surface area contributed by atoms with Crippen molar-refractivity contribution in [2.75, 3.05) is 13.7 Å². The van der Waals surface area contributed by atoms with E-state index in [4.69, 9.17) is 9.47 Å². The van der Waals surface area contributed by atoms with Gasteiger partial charge in [-0.25, -0.2) is 0 Å². The van der Waals surface area contributed by atoms with Crippen molar-refractivity contribution in [2.45, 2.75) is 0 Å². The summed E-state index contributed by atoms with van der Waals surface area (Å²) < 4.78 is 10.5. The number of amides is 2. The van der Waals surface area contributed by atoms with Crippen molar-refractivity contribution in [2.24, 2.45) is 0 Å². The van der Waals surface area contributed by atoms with E-state index in [0.717, 1.165) is 11.3 Å². The first-order valence-corrected chi connectivity index (χ1v) is 7.89. The van der Waals surface area contributed by atoms with Crippen LogP contribution in [0.3, 0.4) is 0 Å². The molecule has 0 aliphatic heterocycles. The fourth-order valence-electron chi connectivity index (χ4n) is 2.04. The van der Waals surface area contributed by atoms with Gasteiger partial charge in [-0.05, 0) is 35.9 Å². The molecule has 6 heteroatoms. The van der Waals surface area contributed by atoms with Gasteiger partial charge in [-0.3, -0.25) is 20.4 Å². The second-order valence-corrected chi connectivity index (χ2v) is 5.15. The van der Waals surface area contributed by atoms with Gasteiger partial charge < -0.3 is 9.47 Å². The molecular weight excluding hydrogens is 332 g/mol. The highest BCUT2D eigenvalue weighted by Crippen LogP contribution is 2.17. The smallest absolute Gasteiger partial charge is 0.273 e. The second kappa shape index (κ2) is 9.68. The Balaban J connectivity index is 1.91. The third-order valence-electron chi connectivity index (χ3n) is 3.33. The van der Waals surface area contributed by atoms with Crippen LogP contribution in [0.5, 0.6) is 11.5 Å². The van der Waals surface area contributed by atoms with E-state index in [9.17, 15) is 9.59 Å². The molecule has 134 valence electrons. The number of hydrogen-bond donors (Lipinski definition) is 2. The van der Waals surface area contributed by atoms with E-state index in [1.165, 1.54) is 6.08 Å². The first kappa shape index (κ1) is 18.8. The highest BCUT2D eigenvalue weighted by atomic mass is 16.5. The molecule has 0 radical (unpaired) electrons. The van der Waals surface area contributed by atoms with E-state index < -0.39 is 11.8 Å². The van der Waals surface area contributed by atoms with Crippen molar-refractivity contribution >= 4 is 17.9 Å². The molecule has 0 heterocycles.